The summed E-state index contributed by atoms with van der Waals surface area (Å²) in [5.41, 5.74) is 0. The van der Waals surface area contributed by atoms with Gasteiger partial charge in [-0.1, -0.05) is 0 Å². The van der Waals surface area contributed by atoms with Crippen molar-refractivity contribution < 1.29 is 122 Å². The topological polar surface area (TPSA) is 298 Å². The number of rotatable bonds is 0. The monoisotopic (exact) mass is 662 g/mol. The van der Waals surface area contributed by atoms with Crippen molar-refractivity contribution in [2.45, 2.75) is 0 Å². The summed E-state index contributed by atoms with van der Waals surface area (Å²) in [6, 6.07) is 0. The molecule has 0 saturated heterocycles. The molecule has 2 radical (unpaired) electrons. The molecule has 26 heavy (non-hydrogen) atoms. The van der Waals surface area contributed by atoms with E-state index in [1.165, 1.54) is 0 Å². The Balaban J connectivity index is -0.0000000152. The van der Waals surface area contributed by atoms with Gasteiger partial charge in [0.05, 0.1) is 0 Å². The van der Waals surface area contributed by atoms with Crippen LogP contribution in [-0.4, -0.2) is 156 Å². The molecule has 0 amide bonds. The molecule has 0 bridgehead atoms. The minimum absolute atomic E-state index is 0. The first-order valence-electron chi connectivity index (χ1n) is 2.79. The van der Waals surface area contributed by atoms with Gasteiger partial charge in [0.25, 0.3) is 0 Å². The molecule has 0 aliphatic heterocycles. The van der Waals surface area contributed by atoms with E-state index in [0.29, 0.717) is 0 Å². The summed E-state index contributed by atoms with van der Waals surface area (Å²) in [7, 11) is -18.7. The third-order valence-corrected chi connectivity index (χ3v) is 0. The van der Waals surface area contributed by atoms with E-state index in [9.17, 15) is 0 Å². The van der Waals surface area contributed by atoms with E-state index in [0.717, 1.165) is 0 Å². The van der Waals surface area contributed by atoms with E-state index in [-0.39, 0.29) is 138 Å². The van der Waals surface area contributed by atoms with Gasteiger partial charge in [-0.05, 0) is 0 Å². The van der Waals surface area contributed by atoms with E-state index in [1.807, 2.05) is 0 Å². The molecule has 8 N–H and O–H groups in total. The van der Waals surface area contributed by atoms with Crippen molar-refractivity contribution in [3.05, 3.63) is 0 Å². The summed E-state index contributed by atoms with van der Waals surface area (Å²) >= 11 is 0. The summed E-state index contributed by atoms with van der Waals surface area (Å²) in [5.74, 6) is 0. The zero-order valence-electron chi connectivity index (χ0n) is 9.56. The molecule has 0 aromatic rings. The van der Waals surface area contributed by atoms with Gasteiger partial charge in [-0.15, -0.1) is 0 Å². The van der Waals surface area contributed by atoms with Gasteiger partial charge < -0.3 is 0 Å². The maximum Gasteiger partial charge on any atom is 0 e. The Labute approximate surface area is 245 Å². The summed E-state index contributed by atoms with van der Waals surface area (Å²) in [5, 5.41) is 0. The van der Waals surface area contributed by atoms with Crippen molar-refractivity contribution in [2.75, 3.05) is 0 Å². The van der Waals surface area contributed by atoms with Crippen molar-refractivity contribution in [3.63, 3.8) is 0 Å². The molecule has 0 aliphatic carbocycles. The normalized spacial score (nSPS) is 8.92. The van der Waals surface area contributed by atoms with Gasteiger partial charge in [-0.2, -0.15) is 33.7 Å². The molecule has 0 saturated carbocycles. The fourth-order valence-corrected chi connectivity index (χ4v) is 0. The van der Waals surface area contributed by atoms with Crippen LogP contribution in [0, 0.1) is 0 Å². The zero-order chi connectivity index (χ0) is 18.0. The molecular weight excluding hydrogens is 648 g/mol. The van der Waals surface area contributed by atoms with Gasteiger partial charge >= 0.3 is 93.0 Å². The fraction of sp³-hybridized carbons (Fsp3) is 0. The summed E-state index contributed by atoms with van der Waals surface area (Å²) in [6.45, 7) is 0. The van der Waals surface area contributed by atoms with Gasteiger partial charge in [0.2, 0.25) is 0 Å². The molecule has 0 heterocycles. The van der Waals surface area contributed by atoms with Gasteiger partial charge in [0, 0.05) is 51.5 Å². The van der Waals surface area contributed by atoms with Gasteiger partial charge in [0.15, 0.2) is 34.7 Å². The minimum atomic E-state index is -4.67. The average Bonchev–Trinajstić information content (AvgIpc) is 1.62. The van der Waals surface area contributed by atoms with Crippen LogP contribution in [0.2, 0.25) is 0 Å². The number of hydrogen-bond donors (Lipinski definition) is 8. The number of hydrogen-bond acceptors (Lipinski definition) is 8. The van der Waals surface area contributed by atoms with Gasteiger partial charge in [0.1, 0.15) is 0 Å². The van der Waals surface area contributed by atoms with Crippen LogP contribution < -0.4 is 0 Å². The predicted molar refractivity (Wildman–Crippen MR) is 83.7 cm³/mol. The van der Waals surface area contributed by atoms with Crippen molar-refractivity contribution >= 4 is 128 Å². The smallest absolute Gasteiger partial charge is 0 e. The fourth-order valence-electron chi connectivity index (χ4n) is 0. The van der Waals surface area contributed by atoms with E-state index in [1.54, 1.807) is 0 Å². The molecule has 0 aliphatic rings. The second kappa shape index (κ2) is 28.8. The summed E-state index contributed by atoms with van der Waals surface area (Å²) in [6.07, 6.45) is 0. The predicted octanol–water partition coefficient (Wildman–Crippen LogP) is -5.63. The molecule has 0 rings (SSSR count). The molecule has 0 unspecified atom stereocenters. The Kier molecular flexibility index (Phi) is 69.7. The van der Waals surface area contributed by atoms with Crippen molar-refractivity contribution in [2.24, 2.45) is 0 Å². The van der Waals surface area contributed by atoms with Crippen molar-refractivity contribution in [3.8, 4) is 0 Å². The first kappa shape index (κ1) is 63.0. The molecule has 0 fully saturated rings. The zero-order valence-corrected chi connectivity index (χ0v) is 16.2. The average molecular weight is 663 g/mol. The van der Waals surface area contributed by atoms with Crippen LogP contribution >= 0.6 is 0 Å². The third kappa shape index (κ3) is 1410. The largest absolute Gasteiger partial charge is 0 e. The minimum Gasteiger partial charge on any atom is 0 e. The molecular formula is H15Al2CrCuKMnO16S4. The third-order valence-electron chi connectivity index (χ3n) is 0. The van der Waals surface area contributed by atoms with Crippen LogP contribution in [-0.2, 0) is 93.1 Å². The Morgan fingerprint density at radius 2 is 0.423 bits per heavy atom. The van der Waals surface area contributed by atoms with Crippen molar-refractivity contribution in [1.29, 1.82) is 0 Å². The standard InChI is InChI=1S/2Al.Cr.Cu.K.Mn.4H2O4S.7H/c;;;;;;4*1-5(2,3)4;;;;;;;/h;;;;;;4*(H2,1,2,3,4);;;;;;;. The molecule has 0 spiro atoms. The molecule has 26 heteroatoms. The van der Waals surface area contributed by atoms with Gasteiger partial charge in [-0.25, -0.2) is 0 Å². The second-order valence-electron chi connectivity index (χ2n) is 1.79. The van der Waals surface area contributed by atoms with Crippen LogP contribution in [0.1, 0.15) is 0 Å². The summed E-state index contributed by atoms with van der Waals surface area (Å²) < 4.78 is 126. The quantitative estimate of drug-likeness (QED) is 0.0885. The van der Waals surface area contributed by atoms with E-state index in [4.69, 9.17) is 70.1 Å². The van der Waals surface area contributed by atoms with E-state index in [2.05, 4.69) is 0 Å². The van der Waals surface area contributed by atoms with Crippen LogP contribution in [0.25, 0.3) is 0 Å². The summed E-state index contributed by atoms with van der Waals surface area (Å²) in [4.78, 5) is 0. The molecule has 0 aromatic heterocycles. The van der Waals surface area contributed by atoms with Gasteiger partial charge in [-0.3, -0.25) is 36.4 Å². The SMILES string of the molecule is O=S(=O)(O)O.O=S(=O)(O)O.O=S(=O)(O)O.O=S(=O)(O)O.[AlH3].[AlH3].[Cr].[Cu].[KH].[Mn]. The van der Waals surface area contributed by atoms with Crippen LogP contribution in [0.3, 0.4) is 0 Å². The first-order chi connectivity index (χ1) is 8.00. The molecule has 16 nitrogen and oxygen atoms in total. The van der Waals surface area contributed by atoms with Crippen LogP contribution in [0.15, 0.2) is 0 Å². The Morgan fingerprint density at radius 1 is 0.423 bits per heavy atom. The molecule has 0 aromatic carbocycles. The first-order valence-corrected chi connectivity index (χ1v) is 8.38. The van der Waals surface area contributed by atoms with E-state index < -0.39 is 41.6 Å². The Morgan fingerprint density at radius 3 is 0.423 bits per heavy atom. The van der Waals surface area contributed by atoms with Crippen LogP contribution in [0.5, 0.6) is 0 Å². The Bertz CT molecular complexity index is 501. The maximum atomic E-state index is 8.74. The van der Waals surface area contributed by atoms with Crippen molar-refractivity contribution in [1.82, 2.24) is 0 Å². The molecule has 166 valence electrons. The second-order valence-corrected chi connectivity index (χ2v) is 5.37. The Hall–Kier alpha value is 3.75. The van der Waals surface area contributed by atoms with E-state index >= 15 is 0 Å². The molecule has 0 atom stereocenters. The van der Waals surface area contributed by atoms with Crippen LogP contribution in [0.4, 0.5) is 0 Å². The maximum absolute atomic E-state index is 8.74.